The van der Waals surface area contributed by atoms with Crippen LogP contribution in [0, 0.1) is 0 Å². The summed E-state index contributed by atoms with van der Waals surface area (Å²) in [5.41, 5.74) is 3.35. The number of aromatic hydroxyl groups is 1. The highest BCUT2D eigenvalue weighted by Crippen LogP contribution is 2.52. The first-order chi connectivity index (χ1) is 14.9. The molecule has 2 aliphatic rings. The van der Waals surface area contributed by atoms with Crippen LogP contribution in [-0.2, 0) is 0 Å². The standard InChI is InChI=1S/C23H17BrCl2N2O3/c1-30-15-5-2-12(3-6-15)19-11-20-16-9-14(25)10-18(26)22(16)31-23(28(20)27-19)17-8-13(24)4-7-21(17)29/h2-10,20,23,29H,11H2,1H3/t20-,23+/m1/s1. The highest BCUT2D eigenvalue weighted by atomic mass is 79.9. The summed E-state index contributed by atoms with van der Waals surface area (Å²) in [5.74, 6) is 1.46. The van der Waals surface area contributed by atoms with Crippen molar-refractivity contribution in [1.29, 1.82) is 0 Å². The van der Waals surface area contributed by atoms with Gasteiger partial charge in [0.1, 0.15) is 17.2 Å². The molecule has 0 aliphatic carbocycles. The zero-order chi connectivity index (χ0) is 21.7. The van der Waals surface area contributed by atoms with Gasteiger partial charge in [0.05, 0.1) is 29.4 Å². The van der Waals surface area contributed by atoms with Crippen molar-refractivity contribution in [2.24, 2.45) is 5.10 Å². The second-order valence-electron chi connectivity index (χ2n) is 7.35. The van der Waals surface area contributed by atoms with E-state index in [4.69, 9.17) is 37.8 Å². The molecule has 31 heavy (non-hydrogen) atoms. The van der Waals surface area contributed by atoms with Gasteiger partial charge in [-0.2, -0.15) is 5.10 Å². The Hall–Kier alpha value is -2.41. The monoisotopic (exact) mass is 518 g/mol. The third-order valence-electron chi connectivity index (χ3n) is 5.49. The maximum absolute atomic E-state index is 10.6. The average Bonchev–Trinajstić information content (AvgIpc) is 3.21. The van der Waals surface area contributed by atoms with Crippen molar-refractivity contribution in [2.75, 3.05) is 7.11 Å². The maximum Gasteiger partial charge on any atom is 0.217 e. The predicted octanol–water partition coefficient (Wildman–Crippen LogP) is 6.71. The lowest BCUT2D eigenvalue weighted by Gasteiger charge is -2.38. The molecule has 0 fully saturated rings. The van der Waals surface area contributed by atoms with Gasteiger partial charge in [-0.3, -0.25) is 0 Å². The Morgan fingerprint density at radius 3 is 2.61 bits per heavy atom. The van der Waals surface area contributed by atoms with Gasteiger partial charge in [0.2, 0.25) is 6.23 Å². The Labute approximate surface area is 197 Å². The number of hydrazone groups is 1. The number of phenolic OH excluding ortho intramolecular Hbond substituents is 1. The second kappa shape index (κ2) is 7.93. The number of hydrogen-bond donors (Lipinski definition) is 1. The molecule has 5 rings (SSSR count). The van der Waals surface area contributed by atoms with E-state index in [1.54, 1.807) is 25.3 Å². The van der Waals surface area contributed by atoms with Crippen LogP contribution in [0.25, 0.3) is 0 Å². The van der Waals surface area contributed by atoms with Crippen LogP contribution in [0.1, 0.15) is 35.4 Å². The number of ether oxygens (including phenoxy) is 2. The Morgan fingerprint density at radius 1 is 1.10 bits per heavy atom. The number of benzene rings is 3. The molecule has 2 atom stereocenters. The minimum atomic E-state index is -0.649. The van der Waals surface area contributed by atoms with Crippen LogP contribution in [0.5, 0.6) is 17.2 Å². The molecule has 0 amide bonds. The van der Waals surface area contributed by atoms with Gasteiger partial charge in [-0.05, 0) is 60.2 Å². The van der Waals surface area contributed by atoms with Crippen LogP contribution >= 0.6 is 39.1 Å². The van der Waals surface area contributed by atoms with E-state index in [0.717, 1.165) is 27.1 Å². The molecule has 158 valence electrons. The number of fused-ring (bicyclic) bond motifs is 3. The molecule has 2 heterocycles. The third kappa shape index (κ3) is 3.63. The number of methoxy groups -OCH3 is 1. The zero-order valence-corrected chi connectivity index (χ0v) is 19.4. The molecule has 0 aromatic heterocycles. The van der Waals surface area contributed by atoms with Crippen molar-refractivity contribution < 1.29 is 14.6 Å². The van der Waals surface area contributed by atoms with Crippen LogP contribution < -0.4 is 9.47 Å². The summed E-state index contributed by atoms with van der Waals surface area (Å²) in [5, 5.41) is 18.3. The summed E-state index contributed by atoms with van der Waals surface area (Å²) in [7, 11) is 1.64. The number of rotatable bonds is 3. The van der Waals surface area contributed by atoms with E-state index >= 15 is 0 Å². The van der Waals surface area contributed by atoms with E-state index in [1.807, 2.05) is 41.4 Å². The second-order valence-corrected chi connectivity index (χ2v) is 9.11. The van der Waals surface area contributed by atoms with E-state index in [-0.39, 0.29) is 11.8 Å². The molecule has 0 bridgehead atoms. The van der Waals surface area contributed by atoms with Crippen molar-refractivity contribution in [1.82, 2.24) is 5.01 Å². The van der Waals surface area contributed by atoms with Gasteiger partial charge >= 0.3 is 0 Å². The SMILES string of the molecule is COc1ccc(C2=NN3[C@H](C2)c2cc(Cl)cc(Cl)c2O[C@H]3c2cc(Br)ccc2O)cc1. The van der Waals surface area contributed by atoms with Gasteiger partial charge < -0.3 is 14.6 Å². The maximum atomic E-state index is 10.6. The first kappa shape index (κ1) is 20.5. The first-order valence-corrected chi connectivity index (χ1v) is 11.1. The van der Waals surface area contributed by atoms with Gasteiger partial charge in [-0.15, -0.1) is 0 Å². The van der Waals surface area contributed by atoms with Crippen molar-refractivity contribution in [3.05, 3.63) is 85.8 Å². The fraction of sp³-hybridized carbons (Fsp3) is 0.174. The van der Waals surface area contributed by atoms with E-state index in [2.05, 4.69) is 15.9 Å². The van der Waals surface area contributed by atoms with Gasteiger partial charge in [-0.1, -0.05) is 39.1 Å². The Bertz CT molecular complexity index is 1200. The Balaban J connectivity index is 1.63. The van der Waals surface area contributed by atoms with Gasteiger partial charge in [-0.25, -0.2) is 5.01 Å². The highest BCUT2D eigenvalue weighted by Gasteiger charge is 2.43. The number of halogens is 3. The summed E-state index contributed by atoms with van der Waals surface area (Å²) in [6, 6.07) is 16.4. The summed E-state index contributed by atoms with van der Waals surface area (Å²) >= 11 is 16.3. The molecule has 5 nitrogen and oxygen atoms in total. The van der Waals surface area contributed by atoms with Crippen LogP contribution in [0.4, 0.5) is 0 Å². The van der Waals surface area contributed by atoms with Crippen LogP contribution in [0.3, 0.4) is 0 Å². The highest BCUT2D eigenvalue weighted by molar-refractivity contribution is 9.10. The molecule has 0 saturated heterocycles. The minimum Gasteiger partial charge on any atom is -0.507 e. The number of hydrogen-bond acceptors (Lipinski definition) is 5. The molecule has 0 spiro atoms. The van der Waals surface area contributed by atoms with E-state index in [0.29, 0.717) is 27.8 Å². The predicted molar refractivity (Wildman–Crippen MR) is 124 cm³/mol. The molecule has 8 heteroatoms. The zero-order valence-electron chi connectivity index (χ0n) is 16.3. The van der Waals surface area contributed by atoms with E-state index in [9.17, 15) is 5.11 Å². The van der Waals surface area contributed by atoms with Crippen LogP contribution in [0.2, 0.25) is 10.0 Å². The summed E-state index contributed by atoms with van der Waals surface area (Å²) in [6.45, 7) is 0. The van der Waals surface area contributed by atoms with Crippen LogP contribution in [-0.4, -0.2) is 22.9 Å². The normalized spacial score (nSPS) is 19.4. The first-order valence-electron chi connectivity index (χ1n) is 9.59. The molecule has 0 saturated carbocycles. The number of nitrogens with zero attached hydrogens (tertiary/aromatic N) is 2. The summed E-state index contributed by atoms with van der Waals surface area (Å²) < 4.78 is 12.4. The summed E-state index contributed by atoms with van der Waals surface area (Å²) in [4.78, 5) is 0. The molecule has 0 radical (unpaired) electrons. The smallest absolute Gasteiger partial charge is 0.217 e. The van der Waals surface area contributed by atoms with Gasteiger partial charge in [0.25, 0.3) is 0 Å². The quantitative estimate of drug-likeness (QED) is 0.417. The van der Waals surface area contributed by atoms with Gasteiger partial charge in [0, 0.05) is 21.5 Å². The van der Waals surface area contributed by atoms with Crippen molar-refractivity contribution in [2.45, 2.75) is 18.7 Å². The fourth-order valence-corrected chi connectivity index (χ4v) is 4.93. The van der Waals surface area contributed by atoms with Crippen molar-refractivity contribution in [3.63, 3.8) is 0 Å². The lowest BCUT2D eigenvalue weighted by Crippen LogP contribution is -2.34. The topological polar surface area (TPSA) is 54.3 Å². The largest absolute Gasteiger partial charge is 0.507 e. The molecular formula is C23H17BrCl2N2O3. The molecule has 1 N–H and O–H groups in total. The minimum absolute atomic E-state index is 0.119. The average molecular weight is 520 g/mol. The van der Waals surface area contributed by atoms with Crippen molar-refractivity contribution >= 4 is 44.8 Å². The third-order valence-corrected chi connectivity index (χ3v) is 6.48. The summed E-state index contributed by atoms with van der Waals surface area (Å²) in [6.07, 6.45) is -0.00520. The number of phenols is 1. The molecule has 3 aromatic carbocycles. The Morgan fingerprint density at radius 2 is 1.87 bits per heavy atom. The lowest BCUT2D eigenvalue weighted by molar-refractivity contribution is -0.0202. The van der Waals surface area contributed by atoms with E-state index in [1.165, 1.54) is 0 Å². The van der Waals surface area contributed by atoms with Crippen molar-refractivity contribution in [3.8, 4) is 17.2 Å². The molecule has 3 aromatic rings. The van der Waals surface area contributed by atoms with Gasteiger partial charge in [0.15, 0.2) is 0 Å². The molecular weight excluding hydrogens is 503 g/mol. The lowest BCUT2D eigenvalue weighted by atomic mass is 9.95. The molecule has 2 aliphatic heterocycles. The fourth-order valence-electron chi connectivity index (χ4n) is 4.00. The van der Waals surface area contributed by atoms with Crippen LogP contribution in [0.15, 0.2) is 64.2 Å². The van der Waals surface area contributed by atoms with E-state index < -0.39 is 6.23 Å². The molecule has 0 unspecified atom stereocenters. The Kier molecular flexibility index (Phi) is 5.24.